The zero-order valence-corrected chi connectivity index (χ0v) is 26.2. The minimum atomic E-state index is -0.870. The summed E-state index contributed by atoms with van der Waals surface area (Å²) in [7, 11) is 1.88. The summed E-state index contributed by atoms with van der Waals surface area (Å²) in [4.78, 5) is 19.5. The Hall–Kier alpha value is -4.94. The van der Waals surface area contributed by atoms with Crippen molar-refractivity contribution in [3.05, 3.63) is 84.0 Å². The van der Waals surface area contributed by atoms with E-state index in [9.17, 15) is 14.3 Å². The molecule has 0 bridgehead atoms. The van der Waals surface area contributed by atoms with Crippen LogP contribution < -0.4 is 4.74 Å². The number of aliphatic hydroxyl groups excluding tert-OH is 1. The number of aliphatic hydroxyl groups is 1. The van der Waals surface area contributed by atoms with Gasteiger partial charge in [0, 0.05) is 52.3 Å². The molecule has 234 valence electrons. The van der Waals surface area contributed by atoms with Crippen molar-refractivity contribution in [1.82, 2.24) is 29.4 Å². The van der Waals surface area contributed by atoms with Crippen molar-refractivity contribution < 1.29 is 23.4 Å². The Morgan fingerprint density at radius 1 is 1.17 bits per heavy atom. The van der Waals surface area contributed by atoms with Crippen LogP contribution in [0.1, 0.15) is 25.6 Å². The van der Waals surface area contributed by atoms with Gasteiger partial charge in [-0.2, -0.15) is 10.2 Å². The number of halogens is 2. The van der Waals surface area contributed by atoms with Gasteiger partial charge in [-0.25, -0.2) is 13.8 Å². The van der Waals surface area contributed by atoms with Gasteiger partial charge in [0.15, 0.2) is 0 Å². The first kappa shape index (κ1) is 29.8. The zero-order valence-electron chi connectivity index (χ0n) is 25.4. The number of benzene rings is 2. The number of aryl methyl sites for hydroxylation is 1. The molecule has 0 fully saturated rings. The molecule has 2 atom stereocenters. The molecule has 9 nitrogen and oxygen atoms in total. The summed E-state index contributed by atoms with van der Waals surface area (Å²) in [5.74, 6) is -1.87. The smallest absolute Gasteiger partial charge is 0.246 e. The first-order chi connectivity index (χ1) is 22.1. The van der Waals surface area contributed by atoms with Crippen molar-refractivity contribution in [2.24, 2.45) is 7.05 Å². The third-order valence-corrected chi connectivity index (χ3v) is 9.27. The van der Waals surface area contributed by atoms with Gasteiger partial charge in [0.25, 0.3) is 0 Å². The van der Waals surface area contributed by atoms with Crippen molar-refractivity contribution in [3.8, 4) is 39.5 Å². The van der Waals surface area contributed by atoms with E-state index in [0.29, 0.717) is 40.4 Å². The lowest BCUT2D eigenvalue weighted by Crippen LogP contribution is -2.40. The summed E-state index contributed by atoms with van der Waals surface area (Å²) in [6, 6.07) is 11.4. The largest absolute Gasteiger partial charge is 0.490 e. The number of pyridine rings is 1. The molecule has 12 heteroatoms. The Kier molecular flexibility index (Phi) is 7.41. The van der Waals surface area contributed by atoms with E-state index in [-0.39, 0.29) is 29.9 Å². The number of fused-ring (bicyclic) bond motifs is 3. The standard InChI is InChI=1S/C34H30F2N6O3S/c1-5-29(44)41-9-10-42-27(19(41)3)15-25(39-42)33-31(30-24(36)13-22(35)14-28(30)45-17-18(2)43)34-23(8-11-46-34)32(38-33)20-6-7-26-21(12-20)16-37-40(26)4/h5-8,11-16,18-19,43H,1,9-10,17H2,2-4H3/t18-,19+/m1/s1. The Morgan fingerprint density at radius 2 is 2.00 bits per heavy atom. The fraction of sp³-hybridized carbons (Fsp3) is 0.235. The molecule has 0 unspecified atom stereocenters. The third-order valence-electron chi connectivity index (χ3n) is 8.34. The Bertz CT molecular complexity index is 2170. The average molecular weight is 641 g/mol. The van der Waals surface area contributed by atoms with Gasteiger partial charge in [0.1, 0.15) is 35.4 Å². The lowest BCUT2D eigenvalue weighted by atomic mass is 9.96. The molecule has 6 aromatic rings. The van der Waals surface area contributed by atoms with Crippen molar-refractivity contribution in [2.45, 2.75) is 32.5 Å². The second-order valence-corrected chi connectivity index (χ2v) is 12.3. The molecule has 0 radical (unpaired) electrons. The van der Waals surface area contributed by atoms with Crippen molar-refractivity contribution in [1.29, 1.82) is 0 Å². The molecule has 0 aliphatic carbocycles. The van der Waals surface area contributed by atoms with E-state index in [2.05, 4.69) is 11.7 Å². The van der Waals surface area contributed by atoms with Crippen molar-refractivity contribution >= 4 is 38.2 Å². The number of hydrogen-bond acceptors (Lipinski definition) is 7. The molecular weight excluding hydrogens is 610 g/mol. The lowest BCUT2D eigenvalue weighted by Gasteiger charge is -2.33. The fourth-order valence-electron chi connectivity index (χ4n) is 6.13. The van der Waals surface area contributed by atoms with Crippen LogP contribution in [-0.2, 0) is 18.4 Å². The Balaban J connectivity index is 1.51. The number of hydrogen-bond donors (Lipinski definition) is 1. The minimum Gasteiger partial charge on any atom is -0.490 e. The second-order valence-electron chi connectivity index (χ2n) is 11.4. The lowest BCUT2D eigenvalue weighted by molar-refractivity contribution is -0.129. The van der Waals surface area contributed by atoms with E-state index in [1.807, 2.05) is 54.4 Å². The molecule has 0 spiro atoms. The maximum Gasteiger partial charge on any atom is 0.246 e. The van der Waals surface area contributed by atoms with E-state index < -0.39 is 17.7 Å². The number of amides is 1. The number of nitrogens with zero attached hydrogens (tertiary/aromatic N) is 6. The normalized spacial score (nSPS) is 15.3. The van der Waals surface area contributed by atoms with E-state index in [1.165, 1.54) is 24.3 Å². The number of rotatable bonds is 7. The van der Waals surface area contributed by atoms with Gasteiger partial charge < -0.3 is 14.7 Å². The third kappa shape index (κ3) is 4.94. The highest BCUT2D eigenvalue weighted by Crippen LogP contribution is 2.47. The molecule has 2 aromatic carbocycles. The van der Waals surface area contributed by atoms with Gasteiger partial charge in [-0.05, 0) is 49.6 Å². The van der Waals surface area contributed by atoms with E-state index in [1.54, 1.807) is 15.8 Å². The van der Waals surface area contributed by atoms with E-state index in [4.69, 9.17) is 14.8 Å². The molecule has 0 saturated heterocycles. The van der Waals surface area contributed by atoms with Crippen LogP contribution >= 0.6 is 11.3 Å². The number of aromatic nitrogens is 5. The zero-order chi connectivity index (χ0) is 32.3. The van der Waals surface area contributed by atoms with Gasteiger partial charge in [0.05, 0.1) is 47.4 Å². The van der Waals surface area contributed by atoms with Gasteiger partial charge in [-0.1, -0.05) is 12.6 Å². The second kappa shape index (κ2) is 11.5. The summed E-state index contributed by atoms with van der Waals surface area (Å²) in [6.07, 6.45) is 2.22. The minimum absolute atomic E-state index is 0.0220. The number of ether oxygens (including phenoxy) is 1. The van der Waals surface area contributed by atoms with E-state index >= 15 is 4.39 Å². The molecule has 5 heterocycles. The molecule has 0 saturated carbocycles. The predicted octanol–water partition coefficient (Wildman–Crippen LogP) is 6.51. The van der Waals surface area contributed by atoms with Gasteiger partial charge in [-0.15, -0.1) is 11.3 Å². The highest BCUT2D eigenvalue weighted by molar-refractivity contribution is 7.18. The maximum atomic E-state index is 16.0. The fourth-order valence-corrected chi connectivity index (χ4v) is 7.07. The summed E-state index contributed by atoms with van der Waals surface area (Å²) >= 11 is 1.40. The van der Waals surface area contributed by atoms with Crippen molar-refractivity contribution in [3.63, 3.8) is 0 Å². The van der Waals surface area contributed by atoms with Crippen LogP contribution in [0.25, 0.3) is 54.8 Å². The maximum absolute atomic E-state index is 16.0. The molecule has 1 amide bonds. The highest BCUT2D eigenvalue weighted by Gasteiger charge is 2.31. The van der Waals surface area contributed by atoms with Gasteiger partial charge in [0.2, 0.25) is 5.91 Å². The molecule has 4 aromatic heterocycles. The van der Waals surface area contributed by atoms with Gasteiger partial charge in [-0.3, -0.25) is 14.2 Å². The van der Waals surface area contributed by atoms with Crippen LogP contribution in [-0.4, -0.2) is 59.7 Å². The van der Waals surface area contributed by atoms with Crippen molar-refractivity contribution in [2.75, 3.05) is 13.2 Å². The topological polar surface area (TPSA) is 98.3 Å². The summed E-state index contributed by atoms with van der Waals surface area (Å²) in [5, 5.41) is 22.8. The number of carbonyl (C=O) groups excluding carboxylic acids is 1. The number of thiophene rings is 1. The van der Waals surface area contributed by atoms with Crippen LogP contribution in [0.4, 0.5) is 8.78 Å². The monoisotopic (exact) mass is 640 g/mol. The van der Waals surface area contributed by atoms with Crippen LogP contribution in [0.3, 0.4) is 0 Å². The van der Waals surface area contributed by atoms with Crippen LogP contribution in [0.15, 0.2) is 66.7 Å². The highest BCUT2D eigenvalue weighted by atomic mass is 32.1. The summed E-state index contributed by atoms with van der Waals surface area (Å²) in [6.45, 7) is 7.83. The predicted molar refractivity (Wildman–Crippen MR) is 173 cm³/mol. The Morgan fingerprint density at radius 3 is 2.78 bits per heavy atom. The average Bonchev–Trinajstić information content (AvgIpc) is 3.78. The molecule has 1 N–H and O–H groups in total. The molecular formula is C34H30F2N6O3S. The number of carbonyl (C=O) groups is 1. The van der Waals surface area contributed by atoms with Crippen LogP contribution in [0.5, 0.6) is 5.75 Å². The van der Waals surface area contributed by atoms with E-state index in [0.717, 1.165) is 39.7 Å². The van der Waals surface area contributed by atoms with Crippen LogP contribution in [0.2, 0.25) is 0 Å². The quantitative estimate of drug-likeness (QED) is 0.200. The molecule has 1 aliphatic heterocycles. The molecule has 1 aliphatic rings. The molecule has 46 heavy (non-hydrogen) atoms. The van der Waals surface area contributed by atoms with Crippen LogP contribution in [0, 0.1) is 11.6 Å². The molecule has 7 rings (SSSR count). The Labute approximate surface area is 267 Å². The first-order valence-electron chi connectivity index (χ1n) is 14.8. The summed E-state index contributed by atoms with van der Waals surface area (Å²) in [5.41, 5.74) is 4.52. The SMILES string of the molecule is C=CC(=O)N1CCn2nc(-c3nc(-c4ccc5c(cnn5C)c4)c4ccsc4c3-c3c(F)cc(F)cc3OC[C@@H](C)O)cc2[C@@H]1C. The first-order valence-corrected chi connectivity index (χ1v) is 15.7. The van der Waals surface area contributed by atoms with Gasteiger partial charge >= 0.3 is 0 Å². The summed E-state index contributed by atoms with van der Waals surface area (Å²) < 4.78 is 40.8.